The Kier molecular flexibility index (Phi) is 7.80. The minimum absolute atomic E-state index is 0.801. The van der Waals surface area contributed by atoms with Crippen LogP contribution in [0, 0.1) is 17.8 Å². The van der Waals surface area contributed by atoms with E-state index < -0.39 is 0 Å². The molecule has 1 saturated carbocycles. The third-order valence-electron chi connectivity index (χ3n) is 5.72. The third-order valence-corrected chi connectivity index (χ3v) is 6.19. The Morgan fingerprint density at radius 3 is 2.40 bits per heavy atom. The molecule has 1 nitrogen and oxygen atoms in total. The van der Waals surface area contributed by atoms with E-state index in [4.69, 9.17) is 12.6 Å². The summed E-state index contributed by atoms with van der Waals surface area (Å²) in [6, 6.07) is 0.801. The highest BCUT2D eigenvalue weighted by Crippen LogP contribution is 2.39. The van der Waals surface area contributed by atoms with Crippen molar-refractivity contribution in [1.29, 1.82) is 0 Å². The molecule has 0 bridgehead atoms. The largest absolute Gasteiger partial charge is 0.314 e. The summed E-state index contributed by atoms with van der Waals surface area (Å²) in [7, 11) is 0. The first kappa shape index (κ1) is 16.7. The van der Waals surface area contributed by atoms with Gasteiger partial charge < -0.3 is 5.32 Å². The first-order chi connectivity index (χ1) is 9.85. The van der Waals surface area contributed by atoms with Gasteiger partial charge in [-0.2, -0.15) is 12.6 Å². The van der Waals surface area contributed by atoms with Crippen LogP contribution in [0.4, 0.5) is 0 Å². The minimum Gasteiger partial charge on any atom is -0.314 e. The first-order valence-corrected chi connectivity index (χ1v) is 9.82. The first-order valence-electron chi connectivity index (χ1n) is 9.19. The maximum absolute atomic E-state index is 4.71. The molecule has 1 N–H and O–H groups in total. The Morgan fingerprint density at radius 1 is 1.05 bits per heavy atom. The summed E-state index contributed by atoms with van der Waals surface area (Å²) in [6.45, 7) is 3.59. The molecule has 2 fully saturated rings. The standard InChI is InChI=1S/C18H35NS/c1-2-8-16(14-20)18(15-9-4-3-5-10-15)13-17-11-6-7-12-19-17/h15-20H,2-14H2,1H3. The smallest absolute Gasteiger partial charge is 0.00699 e. The number of hydrogen-bond acceptors (Lipinski definition) is 2. The molecule has 0 amide bonds. The lowest BCUT2D eigenvalue weighted by Gasteiger charge is -2.38. The van der Waals surface area contributed by atoms with E-state index in [9.17, 15) is 0 Å². The van der Waals surface area contributed by atoms with Crippen molar-refractivity contribution in [2.45, 2.75) is 83.6 Å². The van der Waals surface area contributed by atoms with Crippen LogP contribution in [-0.2, 0) is 0 Å². The van der Waals surface area contributed by atoms with E-state index in [-0.39, 0.29) is 0 Å². The Bertz CT molecular complexity index is 239. The zero-order valence-electron chi connectivity index (χ0n) is 13.4. The molecule has 0 radical (unpaired) electrons. The summed E-state index contributed by atoms with van der Waals surface area (Å²) in [4.78, 5) is 0. The van der Waals surface area contributed by atoms with Crippen molar-refractivity contribution in [3.63, 3.8) is 0 Å². The Morgan fingerprint density at radius 2 is 1.80 bits per heavy atom. The molecule has 20 heavy (non-hydrogen) atoms. The van der Waals surface area contributed by atoms with Gasteiger partial charge in [0.2, 0.25) is 0 Å². The van der Waals surface area contributed by atoms with Crippen molar-refractivity contribution in [2.75, 3.05) is 12.3 Å². The molecular weight excluding hydrogens is 262 g/mol. The van der Waals surface area contributed by atoms with Crippen LogP contribution in [0.25, 0.3) is 0 Å². The highest BCUT2D eigenvalue weighted by molar-refractivity contribution is 7.80. The predicted octanol–water partition coefficient (Wildman–Crippen LogP) is 5.06. The highest BCUT2D eigenvalue weighted by atomic mass is 32.1. The van der Waals surface area contributed by atoms with Crippen molar-refractivity contribution in [1.82, 2.24) is 5.32 Å². The topological polar surface area (TPSA) is 12.0 Å². The van der Waals surface area contributed by atoms with Gasteiger partial charge in [-0.25, -0.2) is 0 Å². The summed E-state index contributed by atoms with van der Waals surface area (Å²) in [5, 5.41) is 3.78. The van der Waals surface area contributed by atoms with Crippen LogP contribution in [0.3, 0.4) is 0 Å². The zero-order valence-corrected chi connectivity index (χ0v) is 14.3. The lowest BCUT2D eigenvalue weighted by Crippen LogP contribution is -2.39. The summed E-state index contributed by atoms with van der Waals surface area (Å²) < 4.78 is 0. The van der Waals surface area contributed by atoms with Gasteiger partial charge in [0.25, 0.3) is 0 Å². The Balaban J connectivity index is 1.96. The van der Waals surface area contributed by atoms with Crippen LogP contribution in [0.5, 0.6) is 0 Å². The lowest BCUT2D eigenvalue weighted by atomic mass is 9.70. The van der Waals surface area contributed by atoms with E-state index in [0.29, 0.717) is 0 Å². The molecule has 118 valence electrons. The molecule has 3 unspecified atom stereocenters. The van der Waals surface area contributed by atoms with Gasteiger partial charge in [-0.1, -0.05) is 51.9 Å². The molecule has 0 aromatic rings. The van der Waals surface area contributed by atoms with E-state index in [1.165, 1.54) is 77.2 Å². The molecule has 2 aliphatic rings. The van der Waals surface area contributed by atoms with E-state index in [1.807, 2.05) is 0 Å². The molecule has 0 spiro atoms. The molecule has 2 heteroatoms. The van der Waals surface area contributed by atoms with E-state index >= 15 is 0 Å². The number of piperidine rings is 1. The Hall–Kier alpha value is 0.310. The predicted molar refractivity (Wildman–Crippen MR) is 92.6 cm³/mol. The monoisotopic (exact) mass is 297 g/mol. The minimum atomic E-state index is 0.801. The fourth-order valence-corrected chi connectivity index (χ4v) is 5.05. The highest BCUT2D eigenvalue weighted by Gasteiger charge is 2.31. The van der Waals surface area contributed by atoms with Gasteiger partial charge in [-0.05, 0) is 55.7 Å². The lowest BCUT2D eigenvalue weighted by molar-refractivity contribution is 0.149. The second-order valence-electron chi connectivity index (χ2n) is 7.18. The van der Waals surface area contributed by atoms with Gasteiger partial charge in [0.15, 0.2) is 0 Å². The fourth-order valence-electron chi connectivity index (χ4n) is 4.60. The van der Waals surface area contributed by atoms with Crippen LogP contribution >= 0.6 is 12.6 Å². The van der Waals surface area contributed by atoms with E-state index in [1.54, 1.807) is 0 Å². The summed E-state index contributed by atoms with van der Waals surface area (Å²) in [5.41, 5.74) is 0. The van der Waals surface area contributed by atoms with Crippen LogP contribution < -0.4 is 5.32 Å². The summed E-state index contributed by atoms with van der Waals surface area (Å²) in [5.74, 6) is 3.89. The van der Waals surface area contributed by atoms with E-state index in [2.05, 4.69) is 12.2 Å². The van der Waals surface area contributed by atoms with Crippen molar-refractivity contribution in [2.24, 2.45) is 17.8 Å². The number of nitrogens with one attached hydrogen (secondary N) is 1. The van der Waals surface area contributed by atoms with E-state index in [0.717, 1.165) is 29.5 Å². The van der Waals surface area contributed by atoms with Crippen molar-refractivity contribution >= 4 is 12.6 Å². The number of hydrogen-bond donors (Lipinski definition) is 2. The second kappa shape index (κ2) is 9.35. The molecule has 1 heterocycles. The van der Waals surface area contributed by atoms with Gasteiger partial charge >= 0.3 is 0 Å². The van der Waals surface area contributed by atoms with Crippen molar-refractivity contribution < 1.29 is 0 Å². The number of rotatable bonds is 7. The van der Waals surface area contributed by atoms with Crippen LogP contribution in [0.1, 0.15) is 77.6 Å². The van der Waals surface area contributed by atoms with Gasteiger partial charge in [0.1, 0.15) is 0 Å². The maximum Gasteiger partial charge on any atom is 0.00699 e. The van der Waals surface area contributed by atoms with Crippen LogP contribution in [0.2, 0.25) is 0 Å². The molecule has 1 aliphatic heterocycles. The second-order valence-corrected chi connectivity index (χ2v) is 7.54. The quantitative estimate of drug-likeness (QED) is 0.626. The molecule has 1 saturated heterocycles. The third kappa shape index (κ3) is 4.94. The fraction of sp³-hybridized carbons (Fsp3) is 1.00. The molecule has 0 aromatic carbocycles. The average molecular weight is 298 g/mol. The van der Waals surface area contributed by atoms with Gasteiger partial charge in [0.05, 0.1) is 0 Å². The van der Waals surface area contributed by atoms with Gasteiger partial charge in [0, 0.05) is 6.04 Å². The maximum atomic E-state index is 4.71. The molecule has 1 aliphatic carbocycles. The SMILES string of the molecule is CCCC(CS)C(CC1CCCCN1)C1CCCCC1. The summed E-state index contributed by atoms with van der Waals surface area (Å²) >= 11 is 4.71. The number of thiol groups is 1. The average Bonchev–Trinajstić information content (AvgIpc) is 2.52. The molecule has 2 rings (SSSR count). The normalized spacial score (nSPS) is 28.2. The molecule has 0 aromatic heterocycles. The van der Waals surface area contributed by atoms with Crippen molar-refractivity contribution in [3.05, 3.63) is 0 Å². The Labute approximate surface area is 132 Å². The molecule has 3 atom stereocenters. The van der Waals surface area contributed by atoms with Crippen molar-refractivity contribution in [3.8, 4) is 0 Å². The van der Waals surface area contributed by atoms with Crippen LogP contribution in [0.15, 0.2) is 0 Å². The van der Waals surface area contributed by atoms with Gasteiger partial charge in [-0.15, -0.1) is 0 Å². The summed E-state index contributed by atoms with van der Waals surface area (Å²) in [6.07, 6.45) is 15.8. The molecular formula is C18H35NS. The van der Waals surface area contributed by atoms with Crippen LogP contribution in [-0.4, -0.2) is 18.3 Å². The van der Waals surface area contributed by atoms with Gasteiger partial charge in [-0.3, -0.25) is 0 Å². The zero-order chi connectivity index (χ0) is 14.2.